The van der Waals surface area contributed by atoms with Crippen LogP contribution in [-0.4, -0.2) is 34.2 Å². The average Bonchev–Trinajstić information content (AvgIpc) is 3.24. The molecule has 0 radical (unpaired) electrons. The number of hydrogen-bond donors (Lipinski definition) is 0. The molecule has 0 amide bonds. The third kappa shape index (κ3) is 3.30. The van der Waals surface area contributed by atoms with E-state index in [0.29, 0.717) is 12.5 Å². The Bertz CT molecular complexity index is 1500. The summed E-state index contributed by atoms with van der Waals surface area (Å²) in [4.78, 5) is 42.7. The van der Waals surface area contributed by atoms with Crippen LogP contribution in [-0.2, 0) is 24.9 Å². The maximum atomic E-state index is 13.4. The molecule has 4 rings (SSSR count). The van der Waals surface area contributed by atoms with Crippen LogP contribution < -0.4 is 11.2 Å². The molecule has 166 valence electrons. The molecule has 0 aliphatic rings. The van der Waals surface area contributed by atoms with Crippen molar-refractivity contribution in [3.8, 4) is 5.95 Å². The lowest BCUT2D eigenvalue weighted by Crippen LogP contribution is -2.41. The third-order valence-electron chi connectivity index (χ3n) is 6.03. The number of carbonyl (C=O) groups excluding carboxylic acids is 1. The molecule has 9 nitrogen and oxygen atoms in total. The van der Waals surface area contributed by atoms with Crippen molar-refractivity contribution in [1.29, 1.82) is 0 Å². The molecule has 9 heteroatoms. The van der Waals surface area contributed by atoms with Gasteiger partial charge in [0.1, 0.15) is 5.78 Å². The monoisotopic (exact) mass is 434 g/mol. The molecule has 0 spiro atoms. The van der Waals surface area contributed by atoms with Crippen LogP contribution in [0.4, 0.5) is 0 Å². The minimum atomic E-state index is -0.575. The number of nitrogens with zero attached hydrogens (tertiary/aromatic N) is 6. The third-order valence-corrected chi connectivity index (χ3v) is 6.03. The molecule has 4 aromatic rings. The highest BCUT2D eigenvalue weighted by Gasteiger charge is 2.24. The molecule has 0 aliphatic heterocycles. The summed E-state index contributed by atoms with van der Waals surface area (Å²) < 4.78 is 5.78. The van der Waals surface area contributed by atoms with E-state index in [1.54, 1.807) is 16.3 Å². The molecule has 0 bridgehead atoms. The molecule has 0 aliphatic carbocycles. The van der Waals surface area contributed by atoms with Gasteiger partial charge in [-0.15, -0.1) is 0 Å². The Morgan fingerprint density at radius 3 is 2.31 bits per heavy atom. The van der Waals surface area contributed by atoms with Crippen LogP contribution in [0.3, 0.4) is 0 Å². The summed E-state index contributed by atoms with van der Waals surface area (Å²) in [6.07, 6.45) is 0. The van der Waals surface area contributed by atoms with Crippen LogP contribution in [0.25, 0.3) is 17.1 Å². The van der Waals surface area contributed by atoms with E-state index in [4.69, 9.17) is 4.98 Å². The van der Waals surface area contributed by atoms with Crippen molar-refractivity contribution in [1.82, 2.24) is 28.5 Å². The molecular weight excluding hydrogens is 408 g/mol. The number of Topliss-reactive ketones (excluding diaryl/α,β-unsaturated/α-hetero) is 1. The normalized spacial score (nSPS) is 11.4. The number of aromatic nitrogens is 6. The van der Waals surface area contributed by atoms with E-state index >= 15 is 0 Å². The summed E-state index contributed by atoms with van der Waals surface area (Å²) in [5.74, 6) is 0.174. The van der Waals surface area contributed by atoms with Gasteiger partial charge < -0.3 is 0 Å². The van der Waals surface area contributed by atoms with Crippen LogP contribution >= 0.6 is 0 Å². The topological polar surface area (TPSA) is 96.7 Å². The lowest BCUT2D eigenvalue weighted by atomic mass is 10.1. The average molecular weight is 435 g/mol. The Morgan fingerprint density at radius 2 is 1.72 bits per heavy atom. The number of imidazole rings is 1. The molecule has 1 aromatic carbocycles. The largest absolute Gasteiger partial charge is 0.332 e. The summed E-state index contributed by atoms with van der Waals surface area (Å²) in [5.41, 5.74) is 4.28. The van der Waals surface area contributed by atoms with Gasteiger partial charge in [-0.1, -0.05) is 24.3 Å². The van der Waals surface area contributed by atoms with Crippen LogP contribution in [0.5, 0.6) is 0 Å². The fourth-order valence-electron chi connectivity index (χ4n) is 3.91. The number of aryl methyl sites for hydroxylation is 3. The quantitative estimate of drug-likeness (QED) is 0.478. The zero-order valence-corrected chi connectivity index (χ0v) is 19.1. The molecule has 3 heterocycles. The first-order valence-corrected chi connectivity index (χ1v) is 10.4. The predicted octanol–water partition coefficient (Wildman–Crippen LogP) is 1.95. The van der Waals surface area contributed by atoms with Gasteiger partial charge in [-0.25, -0.2) is 9.48 Å². The molecule has 0 saturated heterocycles. The van der Waals surface area contributed by atoms with E-state index in [2.05, 4.69) is 5.10 Å². The van der Waals surface area contributed by atoms with Gasteiger partial charge in [0.25, 0.3) is 5.56 Å². The molecule has 0 atom stereocenters. The van der Waals surface area contributed by atoms with Crippen molar-refractivity contribution >= 4 is 16.9 Å². The second kappa shape index (κ2) is 7.74. The van der Waals surface area contributed by atoms with Crippen molar-refractivity contribution in [3.63, 3.8) is 0 Å². The maximum absolute atomic E-state index is 13.4. The van der Waals surface area contributed by atoms with Gasteiger partial charge in [0.05, 0.1) is 18.8 Å². The minimum absolute atomic E-state index is 0.258. The Labute approximate surface area is 184 Å². The Morgan fingerprint density at radius 1 is 1.03 bits per heavy atom. The highest BCUT2D eigenvalue weighted by molar-refractivity contribution is 5.77. The van der Waals surface area contributed by atoms with Crippen molar-refractivity contribution in [2.75, 3.05) is 0 Å². The lowest BCUT2D eigenvalue weighted by Gasteiger charge is -2.13. The van der Waals surface area contributed by atoms with Gasteiger partial charge >= 0.3 is 5.69 Å². The maximum Gasteiger partial charge on any atom is 0.332 e. The number of benzene rings is 1. The van der Waals surface area contributed by atoms with E-state index in [9.17, 15) is 14.4 Å². The van der Waals surface area contributed by atoms with Crippen molar-refractivity contribution in [2.24, 2.45) is 7.05 Å². The fraction of sp³-hybridized carbons (Fsp3) is 0.348. The number of fused-ring (bicyclic) bond motifs is 1. The Kier molecular flexibility index (Phi) is 5.20. The summed E-state index contributed by atoms with van der Waals surface area (Å²) >= 11 is 0. The van der Waals surface area contributed by atoms with Crippen LogP contribution in [0.2, 0.25) is 0 Å². The molecule has 0 N–H and O–H groups in total. The van der Waals surface area contributed by atoms with E-state index in [1.807, 2.05) is 52.0 Å². The zero-order valence-electron chi connectivity index (χ0n) is 19.1. The lowest BCUT2D eigenvalue weighted by molar-refractivity contribution is -0.117. The Hall–Kier alpha value is -3.75. The van der Waals surface area contributed by atoms with E-state index in [-0.39, 0.29) is 23.5 Å². The van der Waals surface area contributed by atoms with Gasteiger partial charge in [0, 0.05) is 12.7 Å². The molecular formula is C23H26N6O3. The summed E-state index contributed by atoms with van der Waals surface area (Å²) in [5, 5.41) is 4.64. The SMILES string of the molecule is CC(=O)Cn1c(=O)c2c(nc(-n3nc(C)c(C)c3C)n2Cc2ccccc2C)n(C)c1=O. The number of hydrogen-bond acceptors (Lipinski definition) is 5. The standard InChI is InChI=1S/C23H26N6O3/c1-13-9-7-8-10-18(13)12-27-19-20(24-22(27)29-17(5)15(3)16(4)25-29)26(6)23(32)28(21(19)31)11-14(2)30/h7-10H,11-12H2,1-6H3. The van der Waals surface area contributed by atoms with Crippen molar-refractivity contribution in [3.05, 3.63) is 73.2 Å². The summed E-state index contributed by atoms with van der Waals surface area (Å²) in [7, 11) is 1.56. The van der Waals surface area contributed by atoms with E-state index < -0.39 is 11.2 Å². The second-order valence-corrected chi connectivity index (χ2v) is 8.24. The van der Waals surface area contributed by atoms with Gasteiger partial charge in [0.15, 0.2) is 11.2 Å². The first-order valence-electron chi connectivity index (χ1n) is 10.4. The second-order valence-electron chi connectivity index (χ2n) is 8.24. The smallest absolute Gasteiger partial charge is 0.298 e. The van der Waals surface area contributed by atoms with Gasteiger partial charge in [-0.05, 0) is 51.3 Å². The van der Waals surface area contributed by atoms with Crippen molar-refractivity contribution in [2.45, 2.75) is 47.7 Å². The molecule has 0 saturated carbocycles. The van der Waals surface area contributed by atoms with Crippen LogP contribution in [0.1, 0.15) is 35.0 Å². The summed E-state index contributed by atoms with van der Waals surface area (Å²) in [6, 6.07) is 7.90. The number of carbonyl (C=O) groups is 1. The molecule has 3 aromatic heterocycles. The molecule has 0 fully saturated rings. The van der Waals surface area contributed by atoms with Crippen LogP contribution in [0.15, 0.2) is 33.9 Å². The zero-order chi connectivity index (χ0) is 23.3. The summed E-state index contributed by atoms with van der Waals surface area (Å²) in [6.45, 7) is 9.28. The van der Waals surface area contributed by atoms with Gasteiger partial charge in [-0.3, -0.25) is 23.3 Å². The van der Waals surface area contributed by atoms with E-state index in [0.717, 1.165) is 32.6 Å². The minimum Gasteiger partial charge on any atom is -0.298 e. The Balaban J connectivity index is 2.12. The molecule has 0 unspecified atom stereocenters. The highest BCUT2D eigenvalue weighted by Crippen LogP contribution is 2.22. The first kappa shape index (κ1) is 21.5. The first-order chi connectivity index (χ1) is 15.1. The fourth-order valence-corrected chi connectivity index (χ4v) is 3.91. The number of rotatable bonds is 5. The predicted molar refractivity (Wildman–Crippen MR) is 122 cm³/mol. The number of ketones is 1. The van der Waals surface area contributed by atoms with E-state index in [1.165, 1.54) is 11.5 Å². The highest BCUT2D eigenvalue weighted by atomic mass is 16.2. The van der Waals surface area contributed by atoms with Crippen molar-refractivity contribution < 1.29 is 4.79 Å². The van der Waals surface area contributed by atoms with Gasteiger partial charge in [0.2, 0.25) is 5.95 Å². The van der Waals surface area contributed by atoms with Gasteiger partial charge in [-0.2, -0.15) is 10.1 Å². The van der Waals surface area contributed by atoms with Crippen LogP contribution in [0, 0.1) is 27.7 Å². The molecule has 32 heavy (non-hydrogen) atoms.